The number of hydrogen-bond acceptors (Lipinski definition) is 6. The molecule has 1 aliphatic heterocycles. The van der Waals surface area contributed by atoms with Crippen LogP contribution in [0.2, 0.25) is 0 Å². The summed E-state index contributed by atoms with van der Waals surface area (Å²) >= 11 is 0. The number of piperidine rings is 1. The van der Waals surface area contributed by atoms with Crippen LogP contribution in [0.1, 0.15) is 16.7 Å². The van der Waals surface area contributed by atoms with Gasteiger partial charge in [0.2, 0.25) is 0 Å². The molecule has 208 valence electrons. The van der Waals surface area contributed by atoms with Gasteiger partial charge < -0.3 is 19.5 Å². The van der Waals surface area contributed by atoms with Crippen molar-refractivity contribution in [2.45, 2.75) is 48.2 Å². The van der Waals surface area contributed by atoms with Crippen LogP contribution >= 0.6 is 0 Å². The van der Waals surface area contributed by atoms with Crippen LogP contribution < -0.4 is 5.32 Å². The van der Waals surface area contributed by atoms with Crippen molar-refractivity contribution in [1.82, 2.24) is 5.32 Å². The molecule has 7 heteroatoms. The summed E-state index contributed by atoms with van der Waals surface area (Å²) < 4.78 is 47.0. The van der Waals surface area contributed by atoms with E-state index in [4.69, 9.17) is 14.2 Å². The van der Waals surface area contributed by atoms with Crippen LogP contribution in [-0.4, -0.2) is 45.1 Å². The number of rotatable bonds is 12. The Labute approximate surface area is 236 Å². The monoisotopic (exact) mass is 557 g/mol. The van der Waals surface area contributed by atoms with Crippen molar-refractivity contribution in [3.05, 3.63) is 138 Å². The molecule has 4 aromatic carbocycles. The second-order valence-corrected chi connectivity index (χ2v) is 12.1. The molecule has 5 rings (SSSR count). The summed E-state index contributed by atoms with van der Waals surface area (Å²) in [6.45, 7) is 1.62. The highest BCUT2D eigenvalue weighted by molar-refractivity contribution is 7.92. The molecule has 0 aliphatic carbocycles. The fraction of sp³-hybridized carbons (Fsp3) is 0.273. The van der Waals surface area contributed by atoms with E-state index < -0.39 is 27.3 Å². The van der Waals surface area contributed by atoms with Gasteiger partial charge in [-0.25, -0.2) is 8.42 Å². The SMILES string of the molecule is O=S(=O)(c1ccccc1)[C@@H]1CN[C@@H](COCc2ccccc2)[C@@H](OCc2ccccc2)[C@H]1OCc1ccccc1. The maximum Gasteiger partial charge on any atom is 0.185 e. The Balaban J connectivity index is 1.42. The number of nitrogens with one attached hydrogen (secondary N) is 1. The molecule has 0 aromatic heterocycles. The van der Waals surface area contributed by atoms with E-state index in [0.29, 0.717) is 19.8 Å². The molecular formula is C33H35NO5S. The van der Waals surface area contributed by atoms with Gasteiger partial charge >= 0.3 is 0 Å². The van der Waals surface area contributed by atoms with Crippen molar-refractivity contribution in [3.8, 4) is 0 Å². The molecule has 0 bridgehead atoms. The predicted octanol–water partition coefficient (Wildman–Crippen LogP) is 5.19. The van der Waals surface area contributed by atoms with Crippen LogP contribution in [0.3, 0.4) is 0 Å². The molecule has 0 spiro atoms. The molecule has 4 aromatic rings. The molecule has 4 atom stereocenters. The lowest BCUT2D eigenvalue weighted by molar-refractivity contribution is -0.123. The summed E-state index contributed by atoms with van der Waals surface area (Å²) in [5, 5.41) is 2.59. The molecule has 0 saturated carbocycles. The van der Waals surface area contributed by atoms with E-state index in [-0.39, 0.29) is 24.1 Å². The van der Waals surface area contributed by atoms with Gasteiger partial charge in [-0.1, -0.05) is 109 Å². The maximum absolute atomic E-state index is 13.9. The van der Waals surface area contributed by atoms with E-state index in [1.165, 1.54) is 0 Å². The van der Waals surface area contributed by atoms with Gasteiger partial charge in [-0.05, 0) is 28.8 Å². The smallest absolute Gasteiger partial charge is 0.185 e. The van der Waals surface area contributed by atoms with E-state index in [0.717, 1.165) is 16.7 Å². The van der Waals surface area contributed by atoms with Gasteiger partial charge in [0.15, 0.2) is 9.84 Å². The highest BCUT2D eigenvalue weighted by Gasteiger charge is 2.47. The third-order valence-corrected chi connectivity index (χ3v) is 9.28. The fourth-order valence-corrected chi connectivity index (χ4v) is 6.78. The van der Waals surface area contributed by atoms with Crippen molar-refractivity contribution in [2.24, 2.45) is 0 Å². The third-order valence-electron chi connectivity index (χ3n) is 7.12. The van der Waals surface area contributed by atoms with Gasteiger partial charge in [0.05, 0.1) is 37.4 Å². The molecule has 1 saturated heterocycles. The molecule has 0 radical (unpaired) electrons. The minimum atomic E-state index is -3.73. The maximum atomic E-state index is 13.9. The molecule has 1 N–H and O–H groups in total. The van der Waals surface area contributed by atoms with Crippen LogP contribution in [0.4, 0.5) is 0 Å². The van der Waals surface area contributed by atoms with Crippen LogP contribution in [0.25, 0.3) is 0 Å². The summed E-state index contributed by atoms with van der Waals surface area (Å²) in [6.07, 6.45) is -1.29. The van der Waals surface area contributed by atoms with Gasteiger partial charge in [0, 0.05) is 6.54 Å². The Hall–Kier alpha value is -3.33. The molecule has 1 heterocycles. The zero-order valence-corrected chi connectivity index (χ0v) is 23.2. The Kier molecular flexibility index (Phi) is 9.76. The van der Waals surface area contributed by atoms with Crippen molar-refractivity contribution >= 4 is 9.84 Å². The fourth-order valence-electron chi connectivity index (χ4n) is 4.99. The van der Waals surface area contributed by atoms with Gasteiger partial charge in [-0.2, -0.15) is 0 Å². The summed E-state index contributed by atoms with van der Waals surface area (Å²) in [5.41, 5.74) is 3.04. The van der Waals surface area contributed by atoms with Gasteiger partial charge in [-0.15, -0.1) is 0 Å². The number of benzene rings is 4. The second kappa shape index (κ2) is 13.8. The average Bonchev–Trinajstić information content (AvgIpc) is 3.01. The number of ether oxygens (including phenoxy) is 3. The lowest BCUT2D eigenvalue weighted by atomic mass is 9.97. The third kappa shape index (κ3) is 7.24. The van der Waals surface area contributed by atoms with Crippen LogP contribution in [0.15, 0.2) is 126 Å². The average molecular weight is 558 g/mol. The first-order valence-electron chi connectivity index (χ1n) is 13.6. The lowest BCUT2D eigenvalue weighted by Crippen LogP contribution is -2.64. The lowest BCUT2D eigenvalue weighted by Gasteiger charge is -2.42. The van der Waals surface area contributed by atoms with Gasteiger partial charge in [0.25, 0.3) is 0 Å². The van der Waals surface area contributed by atoms with Crippen LogP contribution in [0, 0.1) is 0 Å². The number of sulfone groups is 1. The van der Waals surface area contributed by atoms with E-state index in [1.54, 1.807) is 24.3 Å². The Bertz CT molecular complexity index is 1400. The summed E-state index contributed by atoms with van der Waals surface area (Å²) in [4.78, 5) is 0.274. The van der Waals surface area contributed by atoms with E-state index in [9.17, 15) is 8.42 Å². The Morgan fingerprint density at radius 1 is 0.600 bits per heavy atom. The first kappa shape index (κ1) is 28.2. The Morgan fingerprint density at radius 2 is 1.05 bits per heavy atom. The predicted molar refractivity (Wildman–Crippen MR) is 155 cm³/mol. The number of hydrogen-bond donors (Lipinski definition) is 1. The van der Waals surface area contributed by atoms with Gasteiger partial charge in [0.1, 0.15) is 17.5 Å². The standard InChI is InChI=1S/C33H35NO5S/c35-40(36,29-19-11-4-12-20-29)31-21-34-30(25-37-22-26-13-5-1-6-14-26)32(38-23-27-15-7-2-8-16-27)33(31)39-24-28-17-9-3-10-18-28/h1-20,30-34H,21-25H2/t30-,31+,32+,33-/m0/s1. The molecule has 0 unspecified atom stereocenters. The minimum Gasteiger partial charge on any atom is -0.375 e. The zero-order chi connectivity index (χ0) is 27.6. The highest BCUT2D eigenvalue weighted by atomic mass is 32.2. The van der Waals surface area contributed by atoms with Crippen molar-refractivity contribution in [3.63, 3.8) is 0 Å². The topological polar surface area (TPSA) is 73.9 Å². The highest BCUT2D eigenvalue weighted by Crippen LogP contribution is 2.29. The zero-order valence-electron chi connectivity index (χ0n) is 22.3. The summed E-state index contributed by atoms with van der Waals surface area (Å²) in [5.74, 6) is 0. The minimum absolute atomic E-state index is 0.223. The first-order chi connectivity index (χ1) is 19.6. The molecule has 1 fully saturated rings. The van der Waals surface area contributed by atoms with Crippen molar-refractivity contribution in [2.75, 3.05) is 13.2 Å². The molecule has 1 aliphatic rings. The largest absolute Gasteiger partial charge is 0.375 e. The molecular weight excluding hydrogens is 522 g/mol. The van der Waals surface area contributed by atoms with E-state index in [1.807, 2.05) is 97.1 Å². The van der Waals surface area contributed by atoms with Crippen molar-refractivity contribution in [1.29, 1.82) is 0 Å². The summed E-state index contributed by atoms with van der Waals surface area (Å²) in [7, 11) is -3.73. The normalized spacial score (nSPS) is 21.2. The summed E-state index contributed by atoms with van der Waals surface area (Å²) in [6, 6.07) is 37.9. The van der Waals surface area contributed by atoms with Gasteiger partial charge in [-0.3, -0.25) is 0 Å². The van der Waals surface area contributed by atoms with Crippen molar-refractivity contribution < 1.29 is 22.6 Å². The van der Waals surface area contributed by atoms with Crippen LogP contribution in [-0.2, 0) is 43.9 Å². The Morgan fingerprint density at radius 3 is 1.57 bits per heavy atom. The first-order valence-corrected chi connectivity index (χ1v) is 15.1. The van der Waals surface area contributed by atoms with E-state index in [2.05, 4.69) is 5.32 Å². The second-order valence-electron chi connectivity index (χ2n) is 9.93. The van der Waals surface area contributed by atoms with Crippen LogP contribution in [0.5, 0.6) is 0 Å². The molecule has 0 amide bonds. The van der Waals surface area contributed by atoms with E-state index >= 15 is 0 Å². The molecule has 6 nitrogen and oxygen atoms in total. The quantitative estimate of drug-likeness (QED) is 0.259. The molecule has 40 heavy (non-hydrogen) atoms.